The van der Waals surface area contributed by atoms with Crippen LogP contribution in [0.3, 0.4) is 0 Å². The molecule has 0 heterocycles. The third kappa shape index (κ3) is 3.21. The maximum absolute atomic E-state index is 10.4. The van der Waals surface area contributed by atoms with Crippen molar-refractivity contribution < 1.29 is 5.11 Å². The lowest BCUT2D eigenvalue weighted by atomic mass is 9.83. The van der Waals surface area contributed by atoms with Crippen molar-refractivity contribution in [2.45, 2.75) is 32.6 Å². The molecule has 0 atom stereocenters. The Bertz CT molecular complexity index is 726. The van der Waals surface area contributed by atoms with Crippen LogP contribution in [0.4, 0.5) is 0 Å². The van der Waals surface area contributed by atoms with E-state index in [-0.39, 0.29) is 5.92 Å². The first-order valence-corrected chi connectivity index (χ1v) is 8.69. The average Bonchev–Trinajstić information content (AvgIpc) is 2.65. The van der Waals surface area contributed by atoms with Crippen LogP contribution in [0.15, 0.2) is 72.8 Å². The van der Waals surface area contributed by atoms with Crippen molar-refractivity contribution in [1.29, 1.82) is 0 Å². The molecule has 1 N–H and O–H groups in total. The van der Waals surface area contributed by atoms with Gasteiger partial charge in [-0.05, 0) is 40.7 Å². The van der Waals surface area contributed by atoms with Gasteiger partial charge in [0, 0.05) is 5.92 Å². The van der Waals surface area contributed by atoms with Gasteiger partial charge in [0.05, 0.1) is 0 Å². The molecule has 1 nitrogen and oxygen atoms in total. The van der Waals surface area contributed by atoms with E-state index in [2.05, 4.69) is 86.6 Å². The van der Waals surface area contributed by atoms with Crippen molar-refractivity contribution in [3.8, 4) is 5.75 Å². The largest absolute Gasteiger partial charge is 0.507 e. The second kappa shape index (κ2) is 7.35. The lowest BCUT2D eigenvalue weighted by Gasteiger charge is -2.21. The highest BCUT2D eigenvalue weighted by molar-refractivity contribution is 5.50. The van der Waals surface area contributed by atoms with Gasteiger partial charge in [-0.2, -0.15) is 0 Å². The molecular weight excluding hydrogens is 292 g/mol. The topological polar surface area (TPSA) is 20.2 Å². The molecule has 0 aliphatic rings. The van der Waals surface area contributed by atoms with Gasteiger partial charge in [-0.25, -0.2) is 0 Å². The number of hydrogen-bond donors (Lipinski definition) is 1. The first-order valence-electron chi connectivity index (χ1n) is 8.69. The lowest BCUT2D eigenvalue weighted by Crippen LogP contribution is -2.05. The van der Waals surface area contributed by atoms with Crippen LogP contribution in [-0.2, 0) is 12.8 Å². The number of phenols is 1. The molecule has 0 saturated carbocycles. The second-order valence-corrected chi connectivity index (χ2v) is 6.15. The summed E-state index contributed by atoms with van der Waals surface area (Å²) < 4.78 is 0. The fraction of sp³-hybridized carbons (Fsp3) is 0.217. The Morgan fingerprint density at radius 1 is 0.667 bits per heavy atom. The maximum Gasteiger partial charge on any atom is 0.121 e. The van der Waals surface area contributed by atoms with E-state index in [1.807, 2.05) is 0 Å². The molecule has 0 amide bonds. The van der Waals surface area contributed by atoms with Crippen molar-refractivity contribution >= 4 is 0 Å². The quantitative estimate of drug-likeness (QED) is 0.599. The van der Waals surface area contributed by atoms with Gasteiger partial charge in [-0.15, -0.1) is 0 Å². The van der Waals surface area contributed by atoms with Gasteiger partial charge in [0.15, 0.2) is 0 Å². The van der Waals surface area contributed by atoms with Crippen LogP contribution in [0, 0.1) is 0 Å². The number of rotatable bonds is 5. The molecule has 0 aliphatic heterocycles. The Balaban J connectivity index is 2.20. The Morgan fingerprint density at radius 2 is 1.08 bits per heavy atom. The van der Waals surface area contributed by atoms with Crippen LogP contribution < -0.4 is 0 Å². The minimum absolute atomic E-state index is 0.184. The predicted molar refractivity (Wildman–Crippen MR) is 101 cm³/mol. The Morgan fingerprint density at radius 3 is 1.46 bits per heavy atom. The zero-order valence-electron chi connectivity index (χ0n) is 14.4. The molecule has 0 fully saturated rings. The summed E-state index contributed by atoms with van der Waals surface area (Å²) in [5.74, 6) is 0.646. The molecule has 3 aromatic rings. The van der Waals surface area contributed by atoms with Crippen LogP contribution in [0.5, 0.6) is 5.75 Å². The molecule has 0 unspecified atom stereocenters. The number of aromatic hydroxyl groups is 1. The summed E-state index contributed by atoms with van der Waals surface area (Å²) in [4.78, 5) is 0. The summed E-state index contributed by atoms with van der Waals surface area (Å²) >= 11 is 0. The van der Waals surface area contributed by atoms with Crippen LogP contribution in [-0.4, -0.2) is 5.11 Å². The highest BCUT2D eigenvalue weighted by Crippen LogP contribution is 2.36. The standard InChI is InChI=1S/C23H24O/c1-3-17-15-21(16-18(4-2)23(17)24)22(19-11-7-5-8-12-19)20-13-9-6-10-14-20/h5-16,22,24H,3-4H2,1-2H3. The summed E-state index contributed by atoms with van der Waals surface area (Å²) in [5.41, 5.74) is 5.86. The minimum atomic E-state index is 0.184. The SMILES string of the molecule is CCc1cc(C(c2ccccc2)c2ccccc2)cc(CC)c1O. The fourth-order valence-corrected chi connectivity index (χ4v) is 3.36. The average molecular weight is 316 g/mol. The third-order valence-corrected chi connectivity index (χ3v) is 4.65. The van der Waals surface area contributed by atoms with Gasteiger partial charge < -0.3 is 5.11 Å². The highest BCUT2D eigenvalue weighted by atomic mass is 16.3. The highest BCUT2D eigenvalue weighted by Gasteiger charge is 2.19. The summed E-state index contributed by atoms with van der Waals surface area (Å²) in [6.07, 6.45) is 1.67. The molecule has 0 aromatic heterocycles. The second-order valence-electron chi connectivity index (χ2n) is 6.15. The molecular formula is C23H24O. The van der Waals surface area contributed by atoms with Gasteiger partial charge in [0.1, 0.15) is 5.75 Å². The van der Waals surface area contributed by atoms with Crippen molar-refractivity contribution in [3.63, 3.8) is 0 Å². The minimum Gasteiger partial charge on any atom is -0.507 e. The van der Waals surface area contributed by atoms with Crippen molar-refractivity contribution in [2.24, 2.45) is 0 Å². The van der Waals surface area contributed by atoms with E-state index in [4.69, 9.17) is 0 Å². The van der Waals surface area contributed by atoms with E-state index in [0.29, 0.717) is 5.75 Å². The van der Waals surface area contributed by atoms with Gasteiger partial charge in [0.2, 0.25) is 0 Å². The Labute approximate surface area is 144 Å². The normalized spacial score (nSPS) is 11.0. The van der Waals surface area contributed by atoms with Crippen molar-refractivity contribution in [1.82, 2.24) is 0 Å². The Kier molecular flexibility index (Phi) is 5.00. The summed E-state index contributed by atoms with van der Waals surface area (Å²) in [6.45, 7) is 4.19. The third-order valence-electron chi connectivity index (χ3n) is 4.65. The maximum atomic E-state index is 10.4. The summed E-state index contributed by atoms with van der Waals surface area (Å²) in [7, 11) is 0. The van der Waals surface area contributed by atoms with Crippen LogP contribution in [0.25, 0.3) is 0 Å². The smallest absolute Gasteiger partial charge is 0.121 e. The lowest BCUT2D eigenvalue weighted by molar-refractivity contribution is 0.462. The number of benzene rings is 3. The van der Waals surface area contributed by atoms with Crippen molar-refractivity contribution in [2.75, 3.05) is 0 Å². The predicted octanol–water partition coefficient (Wildman–Crippen LogP) is 5.70. The molecule has 24 heavy (non-hydrogen) atoms. The molecule has 3 aromatic carbocycles. The number of phenolic OH excluding ortho intramolecular Hbond substituents is 1. The van der Waals surface area contributed by atoms with Crippen molar-refractivity contribution in [3.05, 3.63) is 101 Å². The molecule has 1 heteroatoms. The van der Waals surface area contributed by atoms with Gasteiger partial charge in [-0.3, -0.25) is 0 Å². The molecule has 0 saturated heterocycles. The molecule has 0 bridgehead atoms. The summed E-state index contributed by atoms with van der Waals surface area (Å²) in [5, 5.41) is 10.4. The van der Waals surface area contributed by atoms with E-state index in [9.17, 15) is 5.11 Å². The van der Waals surface area contributed by atoms with E-state index < -0.39 is 0 Å². The van der Waals surface area contributed by atoms with E-state index >= 15 is 0 Å². The molecule has 0 spiro atoms. The fourth-order valence-electron chi connectivity index (χ4n) is 3.36. The Hall–Kier alpha value is -2.54. The van der Waals surface area contributed by atoms with Crippen LogP contribution >= 0.6 is 0 Å². The summed E-state index contributed by atoms with van der Waals surface area (Å²) in [6, 6.07) is 25.5. The number of aryl methyl sites for hydroxylation is 2. The first kappa shape index (κ1) is 16.3. The first-order chi connectivity index (χ1) is 11.7. The van der Waals surface area contributed by atoms with Gasteiger partial charge in [-0.1, -0.05) is 86.6 Å². The monoisotopic (exact) mass is 316 g/mol. The zero-order valence-corrected chi connectivity index (χ0v) is 14.4. The van der Waals surface area contributed by atoms with Crippen LogP contribution in [0.2, 0.25) is 0 Å². The molecule has 0 radical (unpaired) electrons. The zero-order chi connectivity index (χ0) is 16.9. The molecule has 3 rings (SSSR count). The van der Waals surface area contributed by atoms with Crippen LogP contribution in [0.1, 0.15) is 47.6 Å². The number of hydrogen-bond acceptors (Lipinski definition) is 1. The molecule has 122 valence electrons. The van der Waals surface area contributed by atoms with E-state index in [0.717, 1.165) is 24.0 Å². The molecule has 0 aliphatic carbocycles. The van der Waals surface area contributed by atoms with E-state index in [1.54, 1.807) is 0 Å². The van der Waals surface area contributed by atoms with Gasteiger partial charge >= 0.3 is 0 Å². The van der Waals surface area contributed by atoms with E-state index in [1.165, 1.54) is 16.7 Å². The van der Waals surface area contributed by atoms with Gasteiger partial charge in [0.25, 0.3) is 0 Å².